The average molecular weight is 391 g/mol. The van der Waals surface area contributed by atoms with Crippen LogP contribution in [0.3, 0.4) is 0 Å². The molecule has 5 heteroatoms. The molecule has 4 nitrogen and oxygen atoms in total. The van der Waals surface area contributed by atoms with Crippen LogP contribution in [0, 0.1) is 6.92 Å². The largest absolute Gasteiger partial charge is 0.452 e. The summed E-state index contributed by atoms with van der Waals surface area (Å²) < 4.78 is 11.1. The van der Waals surface area contributed by atoms with Crippen molar-refractivity contribution in [3.05, 3.63) is 99.8 Å². The Kier molecular flexibility index (Phi) is 4.72. The molecule has 3 aromatic carbocycles. The van der Waals surface area contributed by atoms with Crippen LogP contribution in [0.1, 0.15) is 31.8 Å². The zero-order valence-electron chi connectivity index (χ0n) is 14.9. The summed E-state index contributed by atoms with van der Waals surface area (Å²) in [6.07, 6.45) is 1.70. The SMILES string of the molecule is Cc1ccc(/C=C2\Oc3cc(OC(=O)c4ccc(Cl)cc4)ccc3C2=O)cc1. The van der Waals surface area contributed by atoms with Crippen LogP contribution in [0.4, 0.5) is 0 Å². The van der Waals surface area contributed by atoms with E-state index in [0.717, 1.165) is 11.1 Å². The second kappa shape index (κ2) is 7.33. The highest BCUT2D eigenvalue weighted by Gasteiger charge is 2.28. The van der Waals surface area contributed by atoms with Crippen LogP contribution < -0.4 is 9.47 Å². The molecule has 0 bridgehead atoms. The van der Waals surface area contributed by atoms with E-state index in [-0.39, 0.29) is 11.5 Å². The quantitative estimate of drug-likeness (QED) is 0.337. The van der Waals surface area contributed by atoms with Crippen LogP contribution >= 0.6 is 11.6 Å². The summed E-state index contributed by atoms with van der Waals surface area (Å²) in [5.74, 6) is 0.176. The Morgan fingerprint density at radius 1 is 1.00 bits per heavy atom. The van der Waals surface area contributed by atoms with E-state index in [1.807, 2.05) is 31.2 Å². The van der Waals surface area contributed by atoms with Gasteiger partial charge in [0.1, 0.15) is 11.5 Å². The molecule has 0 aromatic heterocycles. The number of hydrogen-bond acceptors (Lipinski definition) is 4. The number of allylic oxidation sites excluding steroid dienone is 1. The zero-order chi connectivity index (χ0) is 19.7. The number of halogens is 1. The molecule has 0 N–H and O–H groups in total. The van der Waals surface area contributed by atoms with Gasteiger partial charge in [-0.25, -0.2) is 4.79 Å². The highest BCUT2D eigenvalue weighted by molar-refractivity contribution is 6.30. The van der Waals surface area contributed by atoms with Crippen molar-refractivity contribution in [3.8, 4) is 11.5 Å². The van der Waals surface area contributed by atoms with Crippen molar-refractivity contribution in [1.82, 2.24) is 0 Å². The topological polar surface area (TPSA) is 52.6 Å². The molecule has 28 heavy (non-hydrogen) atoms. The van der Waals surface area contributed by atoms with Gasteiger partial charge < -0.3 is 9.47 Å². The molecule has 0 unspecified atom stereocenters. The van der Waals surface area contributed by atoms with Crippen molar-refractivity contribution in [2.45, 2.75) is 6.92 Å². The van der Waals surface area contributed by atoms with E-state index in [1.165, 1.54) is 6.07 Å². The molecule has 4 rings (SSSR count). The first-order valence-corrected chi connectivity index (χ1v) is 9.00. The molecule has 0 saturated carbocycles. The lowest BCUT2D eigenvalue weighted by molar-refractivity contribution is 0.0734. The zero-order valence-corrected chi connectivity index (χ0v) is 15.7. The summed E-state index contributed by atoms with van der Waals surface area (Å²) in [7, 11) is 0. The summed E-state index contributed by atoms with van der Waals surface area (Å²) in [4.78, 5) is 24.8. The van der Waals surface area contributed by atoms with Crippen molar-refractivity contribution in [3.63, 3.8) is 0 Å². The van der Waals surface area contributed by atoms with Crippen LogP contribution in [-0.2, 0) is 0 Å². The fraction of sp³-hybridized carbons (Fsp3) is 0.0435. The fourth-order valence-electron chi connectivity index (χ4n) is 2.80. The van der Waals surface area contributed by atoms with Gasteiger partial charge >= 0.3 is 5.97 Å². The number of carbonyl (C=O) groups is 2. The Morgan fingerprint density at radius 2 is 1.71 bits per heavy atom. The van der Waals surface area contributed by atoms with E-state index in [4.69, 9.17) is 21.1 Å². The Labute approximate surface area is 167 Å². The van der Waals surface area contributed by atoms with Gasteiger partial charge in [-0.3, -0.25) is 4.79 Å². The second-order valence-electron chi connectivity index (χ2n) is 6.40. The smallest absolute Gasteiger partial charge is 0.343 e. The summed E-state index contributed by atoms with van der Waals surface area (Å²) in [5.41, 5.74) is 2.82. The summed E-state index contributed by atoms with van der Waals surface area (Å²) in [6, 6.07) is 18.9. The van der Waals surface area contributed by atoms with Crippen LogP contribution in [0.15, 0.2) is 72.5 Å². The molecule has 0 saturated heterocycles. The number of esters is 1. The molecule has 0 radical (unpaired) electrons. The maximum absolute atomic E-state index is 12.5. The van der Waals surface area contributed by atoms with Crippen molar-refractivity contribution in [1.29, 1.82) is 0 Å². The standard InChI is InChI=1S/C23H15ClO4/c1-14-2-4-15(5-3-14)12-21-22(25)19-11-10-18(13-20(19)28-21)27-23(26)16-6-8-17(24)9-7-16/h2-13H,1H3/b21-12-. The van der Waals surface area contributed by atoms with Crippen molar-refractivity contribution in [2.75, 3.05) is 0 Å². The lowest BCUT2D eigenvalue weighted by atomic mass is 10.1. The highest BCUT2D eigenvalue weighted by atomic mass is 35.5. The molecule has 0 aliphatic carbocycles. The molecule has 0 fully saturated rings. The van der Waals surface area contributed by atoms with Crippen molar-refractivity contribution in [2.24, 2.45) is 0 Å². The fourth-order valence-corrected chi connectivity index (χ4v) is 2.92. The molecule has 1 heterocycles. The molecular weight excluding hydrogens is 376 g/mol. The molecule has 1 aliphatic heterocycles. The monoisotopic (exact) mass is 390 g/mol. The van der Waals surface area contributed by atoms with Crippen LogP contribution in [0.2, 0.25) is 5.02 Å². The molecule has 1 aliphatic rings. The number of aryl methyl sites for hydroxylation is 1. The summed E-state index contributed by atoms with van der Waals surface area (Å²) >= 11 is 5.83. The summed E-state index contributed by atoms with van der Waals surface area (Å²) in [5, 5.41) is 0.536. The number of hydrogen-bond donors (Lipinski definition) is 0. The molecule has 138 valence electrons. The molecule has 3 aromatic rings. The van der Waals surface area contributed by atoms with E-state index in [1.54, 1.807) is 42.5 Å². The van der Waals surface area contributed by atoms with E-state index < -0.39 is 5.97 Å². The van der Waals surface area contributed by atoms with E-state index >= 15 is 0 Å². The van der Waals surface area contributed by atoms with Gasteiger partial charge in [-0.2, -0.15) is 0 Å². The van der Waals surface area contributed by atoms with Gasteiger partial charge in [-0.05, 0) is 55.0 Å². The summed E-state index contributed by atoms with van der Waals surface area (Å²) in [6.45, 7) is 2.00. The first-order valence-electron chi connectivity index (χ1n) is 8.62. The lowest BCUT2D eigenvalue weighted by Crippen LogP contribution is -2.08. The third-order valence-corrected chi connectivity index (χ3v) is 4.56. The van der Waals surface area contributed by atoms with Gasteiger partial charge in [0.15, 0.2) is 5.76 Å². The molecule has 0 amide bonds. The lowest BCUT2D eigenvalue weighted by Gasteiger charge is -2.05. The number of ether oxygens (including phenoxy) is 2. The minimum atomic E-state index is -0.517. The van der Waals surface area contributed by atoms with E-state index in [9.17, 15) is 9.59 Å². The first-order chi connectivity index (χ1) is 13.5. The highest BCUT2D eigenvalue weighted by Crippen LogP contribution is 2.35. The molecule has 0 spiro atoms. The number of benzene rings is 3. The Balaban J connectivity index is 1.54. The van der Waals surface area contributed by atoms with E-state index in [0.29, 0.717) is 27.6 Å². The third-order valence-electron chi connectivity index (χ3n) is 4.31. The minimum absolute atomic E-state index is 0.203. The van der Waals surface area contributed by atoms with Crippen LogP contribution in [-0.4, -0.2) is 11.8 Å². The average Bonchev–Trinajstić information content (AvgIpc) is 2.99. The Bertz CT molecular complexity index is 1100. The number of rotatable bonds is 3. The van der Waals surface area contributed by atoms with E-state index in [2.05, 4.69) is 0 Å². The molecule has 0 atom stereocenters. The number of ketones is 1. The predicted molar refractivity (Wildman–Crippen MR) is 107 cm³/mol. The Hall–Kier alpha value is -3.37. The van der Waals surface area contributed by atoms with Crippen molar-refractivity contribution >= 4 is 29.4 Å². The number of fused-ring (bicyclic) bond motifs is 1. The van der Waals surface area contributed by atoms with Gasteiger partial charge in [0, 0.05) is 11.1 Å². The second-order valence-corrected chi connectivity index (χ2v) is 6.84. The van der Waals surface area contributed by atoms with Gasteiger partial charge in [-0.15, -0.1) is 0 Å². The van der Waals surface area contributed by atoms with Gasteiger partial charge in [0.2, 0.25) is 5.78 Å². The van der Waals surface area contributed by atoms with Gasteiger partial charge in [-0.1, -0.05) is 41.4 Å². The van der Waals surface area contributed by atoms with Gasteiger partial charge in [0.05, 0.1) is 11.1 Å². The normalized spacial score (nSPS) is 13.9. The van der Waals surface area contributed by atoms with Gasteiger partial charge in [0.25, 0.3) is 0 Å². The predicted octanol–water partition coefficient (Wildman–Crippen LogP) is 5.48. The van der Waals surface area contributed by atoms with Crippen molar-refractivity contribution < 1.29 is 19.1 Å². The number of Topliss-reactive ketones (excluding diaryl/α,β-unsaturated/α-hetero) is 1. The van der Waals surface area contributed by atoms with Crippen LogP contribution in [0.5, 0.6) is 11.5 Å². The van der Waals surface area contributed by atoms with Crippen LogP contribution in [0.25, 0.3) is 6.08 Å². The third kappa shape index (κ3) is 3.68. The first kappa shape index (κ1) is 18.0. The Morgan fingerprint density at radius 3 is 2.43 bits per heavy atom. The number of carbonyl (C=O) groups excluding carboxylic acids is 2. The molecular formula is C23H15ClO4. The maximum atomic E-state index is 12.5. The minimum Gasteiger partial charge on any atom is -0.452 e. The maximum Gasteiger partial charge on any atom is 0.343 e.